The third-order valence-corrected chi connectivity index (χ3v) is 15.2. The number of carbonyl (C=O) groups is 4. The zero-order chi connectivity index (χ0) is 47.2. The highest BCUT2D eigenvalue weighted by Gasteiger charge is 2.79. The Bertz CT molecular complexity index is 2230. The zero-order valence-electron chi connectivity index (χ0n) is 34.5. The van der Waals surface area contributed by atoms with Gasteiger partial charge in [-0.05, 0) is 86.4 Å². The second-order valence-corrected chi connectivity index (χ2v) is 23.3. The molecule has 3 N–H and O–H groups in total. The molecule has 0 bridgehead atoms. The third-order valence-electron chi connectivity index (χ3n) is 11.8. The summed E-state index contributed by atoms with van der Waals surface area (Å²) >= 11 is 34.4. The summed E-state index contributed by atoms with van der Waals surface area (Å²) in [7, 11) is -4.05. The van der Waals surface area contributed by atoms with Crippen LogP contribution >= 0.6 is 69.6 Å². The molecule has 2 aliphatic heterocycles. The van der Waals surface area contributed by atoms with E-state index in [4.69, 9.17) is 83.8 Å². The lowest BCUT2D eigenvalue weighted by Crippen LogP contribution is -2.67. The maximum atomic E-state index is 15.0. The van der Waals surface area contributed by atoms with Gasteiger partial charge >= 0.3 is 17.9 Å². The van der Waals surface area contributed by atoms with Gasteiger partial charge in [-0.2, -0.15) is 13.2 Å². The van der Waals surface area contributed by atoms with Crippen molar-refractivity contribution >= 4 is 114 Å². The summed E-state index contributed by atoms with van der Waals surface area (Å²) in [4.78, 5) is 62.6. The van der Waals surface area contributed by atoms with Gasteiger partial charge in [0.05, 0.1) is 18.4 Å². The Hall–Kier alpha value is -2.87. The van der Waals surface area contributed by atoms with E-state index in [0.717, 1.165) is 11.3 Å². The number of carbonyl (C=O) groups excluding carboxylic acids is 4. The molecule has 3 heterocycles. The van der Waals surface area contributed by atoms with E-state index in [1.807, 2.05) is 13.8 Å². The molecule has 7 atom stereocenters. The maximum absolute atomic E-state index is 15.0. The van der Waals surface area contributed by atoms with Crippen molar-refractivity contribution < 1.29 is 55.0 Å². The SMILES string of the molecule is CCCOc1ccc2c(O[C@@H]3C[C@H]4C(=O)N[C@]5(C(=O)NS(=O)(=O)C6CC6)C[C@H]5/C=C\CC[C@@H](C)C[C@@H](C)[C@H](NC(=O)OC(C(F)(F)F)(C(Cl)(Cl)Cl)C(Cl)(Cl)Cl)C(=O)N4C3)nccc2c1. The number of hydrogen-bond donors (Lipinski definition) is 3. The molecule has 6 rings (SSSR count). The Balaban J connectivity index is 1.38. The van der Waals surface area contributed by atoms with Crippen LogP contribution in [-0.4, -0.2) is 104 Å². The maximum Gasteiger partial charge on any atom is 0.437 e. The van der Waals surface area contributed by atoms with Crippen molar-refractivity contribution in [3.63, 3.8) is 0 Å². The summed E-state index contributed by atoms with van der Waals surface area (Å²) in [5, 5.41) is 5.43. The Morgan fingerprint density at radius 1 is 1.02 bits per heavy atom. The van der Waals surface area contributed by atoms with Crippen LogP contribution in [0.25, 0.3) is 10.8 Å². The molecule has 24 heteroatoms. The molecule has 1 aromatic heterocycles. The van der Waals surface area contributed by atoms with E-state index in [-0.39, 0.29) is 37.6 Å². The van der Waals surface area contributed by atoms with Crippen LogP contribution in [0.1, 0.15) is 72.1 Å². The van der Waals surface area contributed by atoms with Gasteiger partial charge in [0.25, 0.3) is 5.91 Å². The van der Waals surface area contributed by atoms with Crippen molar-refractivity contribution in [3.8, 4) is 11.6 Å². The summed E-state index contributed by atoms with van der Waals surface area (Å²) in [6.07, 6.45) is -1.21. The normalized spacial score (nSPS) is 27.8. The minimum atomic E-state index is -5.82. The van der Waals surface area contributed by atoms with Crippen molar-refractivity contribution in [3.05, 3.63) is 42.6 Å². The topological polar surface area (TPSA) is 182 Å². The van der Waals surface area contributed by atoms with E-state index in [0.29, 0.717) is 48.8 Å². The van der Waals surface area contributed by atoms with Gasteiger partial charge in [-0.1, -0.05) is 103 Å². The van der Waals surface area contributed by atoms with Crippen LogP contribution in [-0.2, 0) is 29.1 Å². The number of halogens is 9. The standard InChI is InChI=1S/C40H46Cl6F3N5O9S/c1-4-15-61-25-9-12-28-23(17-25)13-14-50-32(28)62-26-18-29-31(55)52-36(34(57)53-64(59,60)27-10-11-27)19-24(36)8-6-5-7-21(2)16-22(3)30(33(56)54(29)20-26)51-35(58)63-37(38(41,42)43,39(44,45)46)40(47,48)49/h6,8-9,12-14,17,21-22,24,26-27,29-30H,4-5,7,10-11,15-16,18-20H2,1-3H3,(H,51,58)(H,52,55)(H,53,57)/b8-6-/t21-,22-,24-,26-,29+,30+,36-/m1/s1. The lowest BCUT2D eigenvalue weighted by atomic mass is 9.88. The fourth-order valence-electron chi connectivity index (χ4n) is 8.14. The molecule has 4 aliphatic rings. The number of alkyl halides is 9. The average Bonchev–Trinajstić information content (AvgIpc) is 4.11. The van der Waals surface area contributed by atoms with Gasteiger partial charge in [-0.15, -0.1) is 0 Å². The summed E-state index contributed by atoms with van der Waals surface area (Å²) in [6, 6.07) is 3.81. The third kappa shape index (κ3) is 10.6. The number of alkyl carbamates (subject to hydrolysis) is 1. The molecule has 1 aromatic carbocycles. The van der Waals surface area contributed by atoms with E-state index in [1.54, 1.807) is 43.3 Å². The molecule has 3 fully saturated rings. The number of allylic oxidation sites excluding steroid dienone is 1. The zero-order valence-corrected chi connectivity index (χ0v) is 39.9. The minimum absolute atomic E-state index is 0.0434. The lowest BCUT2D eigenvalue weighted by Gasteiger charge is -2.44. The van der Waals surface area contributed by atoms with E-state index in [2.05, 4.69) is 20.3 Å². The fourth-order valence-corrected chi connectivity index (χ4v) is 11.7. The van der Waals surface area contributed by atoms with Gasteiger partial charge in [0, 0.05) is 23.9 Å². The van der Waals surface area contributed by atoms with Crippen LogP contribution in [0.4, 0.5) is 18.0 Å². The molecule has 2 saturated carbocycles. The molecule has 0 radical (unpaired) electrons. The van der Waals surface area contributed by atoms with Crippen LogP contribution in [0.15, 0.2) is 42.6 Å². The monoisotopic (exact) mass is 1040 g/mol. The summed E-state index contributed by atoms with van der Waals surface area (Å²) in [5.41, 5.74) is -6.13. The molecule has 354 valence electrons. The number of pyridine rings is 1. The van der Waals surface area contributed by atoms with Gasteiger partial charge in [0.15, 0.2) is 0 Å². The largest absolute Gasteiger partial charge is 0.494 e. The summed E-state index contributed by atoms with van der Waals surface area (Å²) in [6.45, 7) is 5.52. The van der Waals surface area contributed by atoms with Crippen molar-refractivity contribution in [2.75, 3.05) is 13.2 Å². The Morgan fingerprint density at radius 3 is 2.33 bits per heavy atom. The molecular weight excluding hydrogens is 996 g/mol. The Morgan fingerprint density at radius 2 is 1.70 bits per heavy atom. The Kier molecular flexibility index (Phi) is 15.0. The van der Waals surface area contributed by atoms with Gasteiger partial charge in [0.1, 0.15) is 29.5 Å². The van der Waals surface area contributed by atoms with Gasteiger partial charge in [-0.25, -0.2) is 18.2 Å². The van der Waals surface area contributed by atoms with E-state index in [9.17, 15) is 40.8 Å². The lowest BCUT2D eigenvalue weighted by molar-refractivity contribution is -0.255. The number of aromatic nitrogens is 1. The first-order chi connectivity index (χ1) is 29.7. The van der Waals surface area contributed by atoms with Crippen molar-refractivity contribution in [1.29, 1.82) is 0 Å². The number of ether oxygens (including phenoxy) is 3. The number of nitrogens with one attached hydrogen (secondary N) is 3. The van der Waals surface area contributed by atoms with Crippen LogP contribution in [0.2, 0.25) is 0 Å². The Labute approximate surface area is 397 Å². The molecular formula is C40H46Cl6F3N5O9S. The number of fused-ring (bicyclic) bond motifs is 3. The van der Waals surface area contributed by atoms with Crippen LogP contribution in [0, 0.1) is 17.8 Å². The molecule has 64 heavy (non-hydrogen) atoms. The highest BCUT2D eigenvalue weighted by molar-refractivity contribution is 7.91. The molecule has 4 amide bonds. The van der Waals surface area contributed by atoms with Crippen LogP contribution in [0.5, 0.6) is 11.6 Å². The molecule has 14 nitrogen and oxygen atoms in total. The number of hydrogen-bond acceptors (Lipinski definition) is 10. The smallest absolute Gasteiger partial charge is 0.437 e. The van der Waals surface area contributed by atoms with Crippen LogP contribution < -0.4 is 24.8 Å². The molecule has 1 saturated heterocycles. The first-order valence-electron chi connectivity index (χ1n) is 20.5. The highest BCUT2D eigenvalue weighted by atomic mass is 35.6. The predicted octanol–water partition coefficient (Wildman–Crippen LogP) is 8.00. The number of benzene rings is 1. The first kappa shape index (κ1) is 50.5. The van der Waals surface area contributed by atoms with Crippen molar-refractivity contribution in [2.45, 2.75) is 120 Å². The fraction of sp³-hybridized carbons (Fsp3) is 0.625. The number of nitrogens with zero attached hydrogens (tertiary/aromatic N) is 2. The average molecular weight is 1040 g/mol. The second kappa shape index (κ2) is 19.0. The van der Waals surface area contributed by atoms with E-state index < -0.39 is 94.0 Å². The number of amides is 4. The van der Waals surface area contributed by atoms with Crippen molar-refractivity contribution in [2.24, 2.45) is 17.8 Å². The molecule has 2 aliphatic carbocycles. The van der Waals surface area contributed by atoms with Crippen LogP contribution in [0.3, 0.4) is 0 Å². The van der Waals surface area contributed by atoms with E-state index >= 15 is 0 Å². The quantitative estimate of drug-likeness (QED) is 0.156. The van der Waals surface area contributed by atoms with Gasteiger partial charge in [-0.3, -0.25) is 19.1 Å². The van der Waals surface area contributed by atoms with Gasteiger partial charge in [0.2, 0.25) is 35.3 Å². The summed E-state index contributed by atoms with van der Waals surface area (Å²) < 4.78 is 81.9. The minimum Gasteiger partial charge on any atom is -0.494 e. The highest BCUT2D eigenvalue weighted by Crippen LogP contribution is 2.60. The van der Waals surface area contributed by atoms with Crippen molar-refractivity contribution in [1.82, 2.24) is 25.2 Å². The first-order valence-corrected chi connectivity index (χ1v) is 24.3. The summed E-state index contributed by atoms with van der Waals surface area (Å²) in [5.74, 6) is -3.71. The number of rotatable bonds is 10. The predicted molar refractivity (Wildman–Crippen MR) is 235 cm³/mol. The van der Waals surface area contributed by atoms with E-state index in [1.165, 1.54) is 6.20 Å². The van der Waals surface area contributed by atoms with Gasteiger partial charge < -0.3 is 29.7 Å². The number of sulfonamides is 1. The molecule has 0 spiro atoms. The molecule has 0 unspecified atom stereocenters. The molecule has 2 aromatic rings. The second-order valence-electron chi connectivity index (χ2n) is 16.8.